The summed E-state index contributed by atoms with van der Waals surface area (Å²) in [6.45, 7) is 1.84. The second-order valence-corrected chi connectivity index (χ2v) is 3.14. The Bertz CT molecular complexity index is 329. The van der Waals surface area contributed by atoms with Crippen LogP contribution in [0.25, 0.3) is 6.08 Å². The topological polar surface area (TPSA) is 17.1 Å². The van der Waals surface area contributed by atoms with Crippen molar-refractivity contribution >= 4 is 23.5 Å². The van der Waals surface area contributed by atoms with Crippen molar-refractivity contribution in [3.8, 4) is 0 Å². The molecule has 0 fully saturated rings. The van der Waals surface area contributed by atoms with Gasteiger partial charge in [0.1, 0.15) is 0 Å². The van der Waals surface area contributed by atoms with Crippen molar-refractivity contribution in [3.63, 3.8) is 0 Å². The van der Waals surface area contributed by atoms with Crippen molar-refractivity contribution in [2.24, 2.45) is 0 Å². The van der Waals surface area contributed by atoms with Crippen molar-refractivity contribution in [2.75, 3.05) is 0 Å². The van der Waals surface area contributed by atoms with E-state index in [2.05, 4.69) is 0 Å². The Kier molecular flexibility index (Phi) is 3.71. The smallest absolute Gasteiger partial charge is 0.155 e. The molecule has 1 nitrogen and oxygen atoms in total. The molecule has 0 aromatic heterocycles. The molecule has 2 heteroatoms. The van der Waals surface area contributed by atoms with Gasteiger partial charge in [0.25, 0.3) is 0 Å². The maximum absolute atomic E-state index is 11.0. The summed E-state index contributed by atoms with van der Waals surface area (Å²) in [6.07, 6.45) is 3.89. The minimum Gasteiger partial charge on any atom is -0.295 e. The Morgan fingerprint density at radius 2 is 2.31 bits per heavy atom. The number of hydrogen-bond donors (Lipinski definition) is 0. The molecule has 0 N–H and O–H groups in total. The first-order valence-corrected chi connectivity index (χ1v) is 4.56. The van der Waals surface area contributed by atoms with Gasteiger partial charge in [0.2, 0.25) is 0 Å². The molecule has 0 heterocycles. The van der Waals surface area contributed by atoms with Gasteiger partial charge in [0, 0.05) is 11.4 Å². The van der Waals surface area contributed by atoms with Crippen LogP contribution < -0.4 is 0 Å². The van der Waals surface area contributed by atoms with Gasteiger partial charge in [-0.1, -0.05) is 36.7 Å². The fraction of sp³-hybridized carbons (Fsp3) is 0.182. The van der Waals surface area contributed by atoms with E-state index in [-0.39, 0.29) is 5.78 Å². The van der Waals surface area contributed by atoms with Crippen molar-refractivity contribution in [1.82, 2.24) is 0 Å². The molecule has 0 unspecified atom stereocenters. The lowest BCUT2D eigenvalue weighted by Crippen LogP contribution is -1.86. The first-order chi connectivity index (χ1) is 6.22. The molecule has 68 valence electrons. The summed E-state index contributed by atoms with van der Waals surface area (Å²) in [6, 6.07) is 7.39. The van der Waals surface area contributed by atoms with Crippen LogP contribution in [0.3, 0.4) is 0 Å². The normalized spacial score (nSPS) is 10.6. The van der Waals surface area contributed by atoms with E-state index < -0.39 is 0 Å². The van der Waals surface area contributed by atoms with E-state index in [1.807, 2.05) is 25.1 Å². The zero-order chi connectivity index (χ0) is 9.68. The molecular formula is C11H11ClO. The van der Waals surface area contributed by atoms with Crippen LogP contribution in [0.15, 0.2) is 30.3 Å². The Labute approximate surface area is 83.0 Å². The highest BCUT2D eigenvalue weighted by Gasteiger charge is 1.91. The summed E-state index contributed by atoms with van der Waals surface area (Å²) < 4.78 is 0. The van der Waals surface area contributed by atoms with E-state index in [9.17, 15) is 4.79 Å². The molecule has 1 aromatic rings. The summed E-state index contributed by atoms with van der Waals surface area (Å²) in [5.74, 6) is 0.125. The van der Waals surface area contributed by atoms with Gasteiger partial charge in [-0.3, -0.25) is 4.79 Å². The van der Waals surface area contributed by atoms with Gasteiger partial charge in [-0.2, -0.15) is 0 Å². The molecule has 1 rings (SSSR count). The quantitative estimate of drug-likeness (QED) is 0.675. The Morgan fingerprint density at radius 3 is 2.92 bits per heavy atom. The van der Waals surface area contributed by atoms with E-state index in [1.165, 1.54) is 0 Å². The molecule has 0 aliphatic carbocycles. The molecule has 13 heavy (non-hydrogen) atoms. The molecule has 0 atom stereocenters. The number of hydrogen-bond acceptors (Lipinski definition) is 1. The second kappa shape index (κ2) is 4.83. The average Bonchev–Trinajstić information content (AvgIpc) is 2.14. The van der Waals surface area contributed by atoms with Gasteiger partial charge in [-0.05, 0) is 23.8 Å². The Balaban J connectivity index is 2.74. The van der Waals surface area contributed by atoms with E-state index in [0.717, 1.165) is 5.56 Å². The second-order valence-electron chi connectivity index (χ2n) is 2.71. The predicted molar refractivity (Wildman–Crippen MR) is 55.8 cm³/mol. The van der Waals surface area contributed by atoms with Crippen molar-refractivity contribution in [3.05, 3.63) is 40.9 Å². The fourth-order valence-electron chi connectivity index (χ4n) is 0.917. The van der Waals surface area contributed by atoms with Crippen LogP contribution in [0.1, 0.15) is 18.9 Å². The molecule has 0 aliphatic heterocycles. The first kappa shape index (κ1) is 10.0. The largest absolute Gasteiger partial charge is 0.295 e. The maximum Gasteiger partial charge on any atom is 0.155 e. The van der Waals surface area contributed by atoms with Gasteiger partial charge in [-0.25, -0.2) is 0 Å². The number of benzene rings is 1. The molecule has 0 spiro atoms. The van der Waals surface area contributed by atoms with Gasteiger partial charge < -0.3 is 0 Å². The van der Waals surface area contributed by atoms with E-state index in [1.54, 1.807) is 18.2 Å². The van der Waals surface area contributed by atoms with Crippen LogP contribution in [0.4, 0.5) is 0 Å². The predicted octanol–water partition coefficient (Wildman–Crippen LogP) is 3.33. The van der Waals surface area contributed by atoms with Gasteiger partial charge in [-0.15, -0.1) is 0 Å². The molecular weight excluding hydrogens is 184 g/mol. The van der Waals surface area contributed by atoms with Crippen molar-refractivity contribution < 1.29 is 4.79 Å². The first-order valence-electron chi connectivity index (χ1n) is 4.19. The minimum atomic E-state index is 0.125. The third-order valence-corrected chi connectivity index (χ3v) is 1.89. The maximum atomic E-state index is 11.0. The fourth-order valence-corrected chi connectivity index (χ4v) is 1.12. The Hall–Kier alpha value is -1.08. The van der Waals surface area contributed by atoms with Crippen LogP contribution in [0.5, 0.6) is 0 Å². The van der Waals surface area contributed by atoms with E-state index >= 15 is 0 Å². The highest BCUT2D eigenvalue weighted by molar-refractivity contribution is 6.30. The third-order valence-electron chi connectivity index (χ3n) is 1.66. The minimum absolute atomic E-state index is 0.125. The number of rotatable bonds is 3. The number of halogens is 1. The lowest BCUT2D eigenvalue weighted by atomic mass is 10.2. The highest BCUT2D eigenvalue weighted by Crippen LogP contribution is 2.11. The van der Waals surface area contributed by atoms with E-state index in [0.29, 0.717) is 11.4 Å². The standard InChI is InChI=1S/C11H11ClO/c1-2-11(13)7-6-9-4-3-5-10(12)8-9/h3-8H,2H2,1H3/b7-6+. The van der Waals surface area contributed by atoms with Crippen LogP contribution in [-0.2, 0) is 4.79 Å². The lowest BCUT2D eigenvalue weighted by molar-refractivity contribution is -0.114. The summed E-state index contributed by atoms with van der Waals surface area (Å²) in [4.78, 5) is 11.0. The molecule has 0 radical (unpaired) electrons. The number of allylic oxidation sites excluding steroid dienone is 1. The van der Waals surface area contributed by atoms with Crippen LogP contribution in [-0.4, -0.2) is 5.78 Å². The van der Waals surface area contributed by atoms with Crippen LogP contribution >= 0.6 is 11.6 Å². The third kappa shape index (κ3) is 3.43. The summed E-state index contributed by atoms with van der Waals surface area (Å²) in [5.41, 5.74) is 0.953. The van der Waals surface area contributed by atoms with Crippen LogP contribution in [0.2, 0.25) is 5.02 Å². The number of carbonyl (C=O) groups is 1. The van der Waals surface area contributed by atoms with E-state index in [4.69, 9.17) is 11.6 Å². The SMILES string of the molecule is CCC(=O)/C=C/c1cccc(Cl)c1. The molecule has 0 amide bonds. The van der Waals surface area contributed by atoms with Gasteiger partial charge >= 0.3 is 0 Å². The van der Waals surface area contributed by atoms with Crippen molar-refractivity contribution in [1.29, 1.82) is 0 Å². The summed E-state index contributed by atoms with van der Waals surface area (Å²) in [7, 11) is 0. The van der Waals surface area contributed by atoms with Gasteiger partial charge in [0.15, 0.2) is 5.78 Å². The summed E-state index contributed by atoms with van der Waals surface area (Å²) in [5, 5.41) is 0.686. The van der Waals surface area contributed by atoms with Gasteiger partial charge in [0.05, 0.1) is 0 Å². The van der Waals surface area contributed by atoms with Crippen LogP contribution in [0, 0.1) is 0 Å². The highest BCUT2D eigenvalue weighted by atomic mass is 35.5. The monoisotopic (exact) mass is 194 g/mol. The average molecular weight is 195 g/mol. The number of ketones is 1. The molecule has 0 aliphatic rings. The zero-order valence-electron chi connectivity index (χ0n) is 7.46. The molecule has 0 saturated carbocycles. The van der Waals surface area contributed by atoms with Crippen molar-refractivity contribution in [2.45, 2.75) is 13.3 Å². The summed E-state index contributed by atoms with van der Waals surface area (Å²) >= 11 is 5.78. The lowest BCUT2D eigenvalue weighted by Gasteiger charge is -1.93. The molecule has 0 saturated heterocycles. The molecule has 1 aromatic carbocycles. The Morgan fingerprint density at radius 1 is 1.54 bits per heavy atom. The molecule has 0 bridgehead atoms. The zero-order valence-corrected chi connectivity index (χ0v) is 8.21. The number of carbonyl (C=O) groups excluding carboxylic acids is 1.